The van der Waals surface area contributed by atoms with Gasteiger partial charge in [0.2, 0.25) is 5.91 Å². The van der Waals surface area contributed by atoms with E-state index in [1.807, 2.05) is 0 Å². The highest BCUT2D eigenvalue weighted by Crippen LogP contribution is 2.43. The summed E-state index contributed by atoms with van der Waals surface area (Å²) in [7, 11) is -4.30. The molecule has 49 heavy (non-hydrogen) atoms. The first kappa shape index (κ1) is 47.5. The molecule has 0 aliphatic rings. The molecule has 0 spiro atoms. The monoisotopic (exact) mass is 711 g/mol. The van der Waals surface area contributed by atoms with E-state index in [4.69, 9.17) is 14.8 Å². The number of hydrogen-bond acceptors (Lipinski definition) is 6. The fourth-order valence-electron chi connectivity index (χ4n) is 5.48. The average Bonchev–Trinajstić information content (AvgIpc) is 3.09. The van der Waals surface area contributed by atoms with Gasteiger partial charge in [-0.3, -0.25) is 13.8 Å². The van der Waals surface area contributed by atoms with E-state index in [0.29, 0.717) is 12.8 Å². The molecule has 0 radical (unpaired) electrons. The highest BCUT2D eigenvalue weighted by molar-refractivity contribution is 7.47. The standard InChI is InChI=1S/C40H75N2O6P/c1-3-5-7-9-11-12-13-14-15-16-17-18-19-20-21-22-23-24-25-26-28-30-32-34-40(44)42-38(37-48-49(45,46)47-36-35-41)39(43)33-31-29-27-10-8-6-4-2/h5,7,11-12,14-15,17-18,38-39,43H,3-4,6,8-10,13,16,19-37,41H2,1-2H3,(H,42,44)(H,45,46)/b7-5-,12-11-,15-14-,18-17-. The van der Waals surface area contributed by atoms with Crippen LogP contribution in [-0.4, -0.2) is 47.8 Å². The summed E-state index contributed by atoms with van der Waals surface area (Å²) in [6, 6.07) is -0.775. The smallest absolute Gasteiger partial charge is 0.391 e. The maximum absolute atomic E-state index is 12.7. The lowest BCUT2D eigenvalue weighted by atomic mass is 10.0. The molecular formula is C40H75N2O6P. The van der Waals surface area contributed by atoms with Crippen molar-refractivity contribution in [1.82, 2.24) is 5.32 Å². The Morgan fingerprint density at radius 2 is 1.18 bits per heavy atom. The van der Waals surface area contributed by atoms with Crippen molar-refractivity contribution in [2.24, 2.45) is 5.73 Å². The number of nitrogens with one attached hydrogen (secondary N) is 1. The molecule has 3 unspecified atom stereocenters. The van der Waals surface area contributed by atoms with Crippen molar-refractivity contribution in [1.29, 1.82) is 0 Å². The molecule has 3 atom stereocenters. The van der Waals surface area contributed by atoms with E-state index >= 15 is 0 Å². The first-order valence-electron chi connectivity index (χ1n) is 19.8. The second kappa shape index (κ2) is 36.3. The molecule has 0 bridgehead atoms. The van der Waals surface area contributed by atoms with Crippen molar-refractivity contribution in [3.8, 4) is 0 Å². The SMILES string of the molecule is CC/C=C\C/C=C\C/C=C\C/C=C\CCCCCCCCCCCCC(=O)NC(COP(=O)(O)OCCN)C(O)CCCCCCCCC. The number of phosphoric ester groups is 1. The van der Waals surface area contributed by atoms with E-state index in [1.54, 1.807) is 0 Å². The Kier molecular flexibility index (Phi) is 35.1. The second-order valence-electron chi connectivity index (χ2n) is 13.1. The van der Waals surface area contributed by atoms with Crippen LogP contribution in [0.1, 0.15) is 168 Å². The third-order valence-corrected chi connectivity index (χ3v) is 9.43. The van der Waals surface area contributed by atoms with Gasteiger partial charge in [-0.1, -0.05) is 159 Å². The number of allylic oxidation sites excluding steroid dienone is 8. The van der Waals surface area contributed by atoms with Crippen molar-refractivity contribution >= 4 is 13.7 Å². The number of phosphoric acid groups is 1. The Morgan fingerprint density at radius 1 is 0.694 bits per heavy atom. The molecule has 8 nitrogen and oxygen atoms in total. The van der Waals surface area contributed by atoms with Crippen LogP contribution in [0.3, 0.4) is 0 Å². The van der Waals surface area contributed by atoms with Crippen LogP contribution in [0.15, 0.2) is 48.6 Å². The van der Waals surface area contributed by atoms with Gasteiger partial charge in [0.15, 0.2) is 0 Å². The minimum absolute atomic E-state index is 0.0860. The molecule has 9 heteroatoms. The molecular weight excluding hydrogens is 635 g/mol. The van der Waals surface area contributed by atoms with E-state index < -0.39 is 20.0 Å². The summed E-state index contributed by atoms with van der Waals surface area (Å²) in [6.07, 6.45) is 42.8. The first-order valence-corrected chi connectivity index (χ1v) is 21.2. The average molecular weight is 711 g/mol. The third kappa shape index (κ3) is 34.7. The topological polar surface area (TPSA) is 131 Å². The summed E-state index contributed by atoms with van der Waals surface area (Å²) in [5.74, 6) is -0.173. The van der Waals surface area contributed by atoms with Crippen molar-refractivity contribution in [2.45, 2.75) is 180 Å². The Labute approximate surface area is 301 Å². The van der Waals surface area contributed by atoms with Crippen LogP contribution >= 0.6 is 7.82 Å². The van der Waals surface area contributed by atoms with Gasteiger partial charge in [0.05, 0.1) is 25.4 Å². The summed E-state index contributed by atoms with van der Waals surface area (Å²) in [5.41, 5.74) is 5.35. The number of unbranched alkanes of at least 4 members (excludes halogenated alkanes) is 16. The number of carbonyl (C=O) groups excluding carboxylic acids is 1. The molecule has 5 N–H and O–H groups in total. The van der Waals surface area contributed by atoms with E-state index in [9.17, 15) is 19.4 Å². The van der Waals surface area contributed by atoms with Crippen LogP contribution in [0.2, 0.25) is 0 Å². The number of carbonyl (C=O) groups is 1. The van der Waals surface area contributed by atoms with Gasteiger partial charge in [0, 0.05) is 13.0 Å². The maximum Gasteiger partial charge on any atom is 0.472 e. The highest BCUT2D eigenvalue weighted by atomic mass is 31.2. The number of aliphatic hydroxyl groups is 1. The third-order valence-electron chi connectivity index (χ3n) is 8.45. The molecule has 0 aliphatic heterocycles. The van der Waals surface area contributed by atoms with E-state index in [2.05, 4.69) is 67.8 Å². The molecule has 286 valence electrons. The molecule has 0 heterocycles. The molecule has 0 aliphatic carbocycles. The number of hydrogen-bond donors (Lipinski definition) is 4. The fraction of sp³-hybridized carbons (Fsp3) is 0.775. The number of aliphatic hydroxyl groups excluding tert-OH is 1. The van der Waals surface area contributed by atoms with Crippen LogP contribution in [0.25, 0.3) is 0 Å². The second-order valence-corrected chi connectivity index (χ2v) is 14.6. The first-order chi connectivity index (χ1) is 23.9. The highest BCUT2D eigenvalue weighted by Gasteiger charge is 2.27. The molecule has 0 fully saturated rings. The van der Waals surface area contributed by atoms with Crippen molar-refractivity contribution in [3.05, 3.63) is 48.6 Å². The molecule has 0 rings (SSSR count). The van der Waals surface area contributed by atoms with Gasteiger partial charge in [0.1, 0.15) is 0 Å². The van der Waals surface area contributed by atoms with Crippen LogP contribution in [0.5, 0.6) is 0 Å². The van der Waals surface area contributed by atoms with Gasteiger partial charge in [-0.15, -0.1) is 0 Å². The molecule has 0 saturated carbocycles. The van der Waals surface area contributed by atoms with Gasteiger partial charge >= 0.3 is 7.82 Å². The fourth-order valence-corrected chi connectivity index (χ4v) is 6.24. The molecule has 1 amide bonds. The van der Waals surface area contributed by atoms with Gasteiger partial charge in [0.25, 0.3) is 0 Å². The largest absolute Gasteiger partial charge is 0.472 e. The Hall–Kier alpha value is -1.54. The lowest BCUT2D eigenvalue weighted by Crippen LogP contribution is -2.46. The zero-order valence-corrected chi connectivity index (χ0v) is 32.3. The summed E-state index contributed by atoms with van der Waals surface area (Å²) >= 11 is 0. The van der Waals surface area contributed by atoms with Gasteiger partial charge in [-0.2, -0.15) is 0 Å². The van der Waals surface area contributed by atoms with Gasteiger partial charge in [-0.25, -0.2) is 4.57 Å². The minimum atomic E-state index is -4.30. The quantitative estimate of drug-likeness (QED) is 0.0289. The summed E-state index contributed by atoms with van der Waals surface area (Å²) in [4.78, 5) is 22.6. The number of nitrogens with two attached hydrogens (primary N) is 1. The number of rotatable bonds is 36. The summed E-state index contributed by atoms with van der Waals surface area (Å²) in [6.45, 7) is 4.02. The summed E-state index contributed by atoms with van der Waals surface area (Å²) in [5, 5.41) is 13.6. The predicted octanol–water partition coefficient (Wildman–Crippen LogP) is 10.6. The van der Waals surface area contributed by atoms with Crippen molar-refractivity contribution in [2.75, 3.05) is 19.8 Å². The van der Waals surface area contributed by atoms with Crippen molar-refractivity contribution < 1.29 is 28.4 Å². The lowest BCUT2D eigenvalue weighted by molar-refractivity contribution is -0.123. The predicted molar refractivity (Wildman–Crippen MR) is 207 cm³/mol. The zero-order chi connectivity index (χ0) is 36.1. The molecule has 0 aromatic heterocycles. The Bertz CT molecular complexity index is 907. The van der Waals surface area contributed by atoms with Crippen molar-refractivity contribution in [3.63, 3.8) is 0 Å². The number of amides is 1. The normalized spacial score (nSPS) is 14.8. The lowest BCUT2D eigenvalue weighted by Gasteiger charge is -2.25. The van der Waals surface area contributed by atoms with Crippen LogP contribution < -0.4 is 11.1 Å². The van der Waals surface area contributed by atoms with Crippen LogP contribution in [0, 0.1) is 0 Å². The molecule has 0 aromatic rings. The minimum Gasteiger partial charge on any atom is -0.391 e. The zero-order valence-electron chi connectivity index (χ0n) is 31.4. The van der Waals surface area contributed by atoms with Crippen LogP contribution in [0.4, 0.5) is 0 Å². The molecule has 0 saturated heterocycles. The van der Waals surface area contributed by atoms with E-state index in [0.717, 1.165) is 64.2 Å². The van der Waals surface area contributed by atoms with E-state index in [-0.39, 0.29) is 25.7 Å². The Morgan fingerprint density at radius 3 is 1.73 bits per heavy atom. The van der Waals surface area contributed by atoms with Gasteiger partial charge in [-0.05, 0) is 51.4 Å². The van der Waals surface area contributed by atoms with Gasteiger partial charge < -0.3 is 21.1 Å². The van der Waals surface area contributed by atoms with Crippen LogP contribution in [-0.2, 0) is 18.4 Å². The molecule has 0 aromatic carbocycles. The maximum atomic E-state index is 12.7. The Balaban J connectivity index is 4.02. The summed E-state index contributed by atoms with van der Waals surface area (Å²) < 4.78 is 22.0. The van der Waals surface area contributed by atoms with E-state index in [1.165, 1.54) is 77.0 Å².